The summed E-state index contributed by atoms with van der Waals surface area (Å²) in [6.45, 7) is 4.65. The highest BCUT2D eigenvalue weighted by molar-refractivity contribution is 5.93. The molecule has 6 heteroatoms. The summed E-state index contributed by atoms with van der Waals surface area (Å²) in [5.41, 5.74) is 3.11. The number of hydrogen-bond acceptors (Lipinski definition) is 3. The Labute approximate surface area is 162 Å². The van der Waals surface area contributed by atoms with E-state index < -0.39 is 0 Å². The lowest BCUT2D eigenvalue weighted by atomic mass is 10.0. The number of nitrogens with one attached hydrogen (secondary N) is 1. The van der Waals surface area contributed by atoms with Crippen LogP contribution in [0.25, 0.3) is 16.6 Å². The molecule has 2 aromatic heterocycles. The second kappa shape index (κ2) is 7.31. The molecule has 2 aromatic carbocycles. The second-order valence-electron chi connectivity index (χ2n) is 7.06. The second-order valence-corrected chi connectivity index (χ2v) is 7.06. The van der Waals surface area contributed by atoms with E-state index in [0.717, 1.165) is 16.6 Å². The Morgan fingerprint density at radius 2 is 1.82 bits per heavy atom. The summed E-state index contributed by atoms with van der Waals surface area (Å²) in [4.78, 5) is 28.7. The number of amides is 1. The molecule has 142 valence electrons. The third kappa shape index (κ3) is 3.29. The largest absolute Gasteiger partial charge is 0.354 e. The number of carbonyl (C=O) groups is 1. The maximum atomic E-state index is 12.7. The average molecular weight is 374 g/mol. The van der Waals surface area contributed by atoms with Crippen LogP contribution in [0.5, 0.6) is 0 Å². The van der Waals surface area contributed by atoms with Gasteiger partial charge >= 0.3 is 0 Å². The molecule has 4 rings (SSSR count). The Morgan fingerprint density at radius 3 is 2.61 bits per heavy atom. The lowest BCUT2D eigenvalue weighted by Gasteiger charge is -2.14. The van der Waals surface area contributed by atoms with E-state index in [1.165, 1.54) is 11.6 Å². The van der Waals surface area contributed by atoms with Gasteiger partial charge in [0.15, 0.2) is 5.65 Å². The zero-order chi connectivity index (χ0) is 19.7. The van der Waals surface area contributed by atoms with Crippen molar-refractivity contribution in [1.29, 1.82) is 0 Å². The van der Waals surface area contributed by atoms with E-state index in [1.54, 1.807) is 0 Å². The Bertz CT molecular complexity index is 1210. The van der Waals surface area contributed by atoms with Crippen LogP contribution in [0.2, 0.25) is 0 Å². The van der Waals surface area contributed by atoms with Crippen molar-refractivity contribution >= 4 is 22.5 Å². The molecule has 1 amide bonds. The van der Waals surface area contributed by atoms with Crippen molar-refractivity contribution in [2.24, 2.45) is 0 Å². The van der Waals surface area contributed by atoms with Crippen LogP contribution in [0.4, 0.5) is 0 Å². The molecule has 6 nitrogen and oxygen atoms in total. The topological polar surface area (TPSA) is 68.4 Å². The van der Waals surface area contributed by atoms with Crippen LogP contribution in [0.3, 0.4) is 0 Å². The van der Waals surface area contributed by atoms with Crippen LogP contribution in [-0.4, -0.2) is 26.6 Å². The van der Waals surface area contributed by atoms with Crippen molar-refractivity contribution in [3.63, 3.8) is 0 Å². The molecule has 0 saturated carbocycles. The lowest BCUT2D eigenvalue weighted by Crippen LogP contribution is -2.32. The zero-order valence-electron chi connectivity index (χ0n) is 15.9. The van der Waals surface area contributed by atoms with E-state index in [1.807, 2.05) is 58.6 Å². The summed E-state index contributed by atoms with van der Waals surface area (Å²) in [7, 11) is 0. The molecule has 28 heavy (non-hydrogen) atoms. The molecule has 0 fully saturated rings. The fraction of sp³-hybridized carbons (Fsp3) is 0.227. The van der Waals surface area contributed by atoms with Gasteiger partial charge in [0.05, 0.1) is 5.52 Å². The number of carbonyl (C=O) groups excluding carboxylic acids is 1. The van der Waals surface area contributed by atoms with Crippen molar-refractivity contribution in [2.75, 3.05) is 6.54 Å². The smallest absolute Gasteiger partial charge is 0.273 e. The first kappa shape index (κ1) is 18.0. The molecule has 0 saturated heterocycles. The van der Waals surface area contributed by atoms with Crippen LogP contribution in [0.1, 0.15) is 24.1 Å². The maximum absolute atomic E-state index is 12.7. The molecule has 0 aliphatic rings. The third-order valence-corrected chi connectivity index (χ3v) is 5.02. The van der Waals surface area contributed by atoms with Crippen molar-refractivity contribution in [3.8, 4) is 0 Å². The molecule has 4 aromatic rings. The molecule has 2 heterocycles. The number of fused-ring (bicyclic) bond motifs is 3. The van der Waals surface area contributed by atoms with Gasteiger partial charge < -0.3 is 5.32 Å². The summed E-state index contributed by atoms with van der Waals surface area (Å²) in [5.74, 6) is 0.144. The van der Waals surface area contributed by atoms with Crippen molar-refractivity contribution in [3.05, 3.63) is 82.3 Å². The van der Waals surface area contributed by atoms with E-state index in [4.69, 9.17) is 0 Å². The van der Waals surface area contributed by atoms with Gasteiger partial charge in [0, 0.05) is 23.7 Å². The minimum atomic E-state index is -0.276. The van der Waals surface area contributed by atoms with Crippen LogP contribution in [0.15, 0.2) is 65.5 Å². The summed E-state index contributed by atoms with van der Waals surface area (Å²) >= 11 is 0. The summed E-state index contributed by atoms with van der Waals surface area (Å²) < 4.78 is 3.71. The third-order valence-electron chi connectivity index (χ3n) is 5.02. The molecular formula is C22H22N4O2. The molecule has 1 N–H and O–H groups in total. The number of hydrogen-bond donors (Lipinski definition) is 1. The average Bonchev–Trinajstić information content (AvgIpc) is 3.01. The Kier molecular flexibility index (Phi) is 4.69. The number of aryl methyl sites for hydroxylation is 1. The Hall–Kier alpha value is -3.41. The molecule has 0 aliphatic heterocycles. The van der Waals surface area contributed by atoms with Crippen LogP contribution >= 0.6 is 0 Å². The fourth-order valence-electron chi connectivity index (χ4n) is 3.58. The summed E-state index contributed by atoms with van der Waals surface area (Å²) in [6, 6.07) is 19.3. The fourth-order valence-corrected chi connectivity index (χ4v) is 3.58. The lowest BCUT2D eigenvalue weighted by molar-refractivity contribution is -0.121. The van der Waals surface area contributed by atoms with Gasteiger partial charge in [-0.25, -0.2) is 4.52 Å². The molecule has 1 unspecified atom stereocenters. The maximum Gasteiger partial charge on any atom is 0.273 e. The van der Waals surface area contributed by atoms with Gasteiger partial charge in [0.25, 0.3) is 5.56 Å². The molecule has 0 aliphatic carbocycles. The highest BCUT2D eigenvalue weighted by Gasteiger charge is 2.16. The van der Waals surface area contributed by atoms with Crippen LogP contribution in [0, 0.1) is 6.92 Å². The minimum Gasteiger partial charge on any atom is -0.354 e. The van der Waals surface area contributed by atoms with Gasteiger partial charge in [-0.15, -0.1) is 0 Å². The van der Waals surface area contributed by atoms with Crippen molar-refractivity contribution in [2.45, 2.75) is 26.3 Å². The van der Waals surface area contributed by atoms with Gasteiger partial charge in [-0.1, -0.05) is 49.4 Å². The first-order valence-corrected chi connectivity index (χ1v) is 9.34. The van der Waals surface area contributed by atoms with Gasteiger partial charge in [-0.3, -0.25) is 14.3 Å². The first-order chi connectivity index (χ1) is 13.5. The predicted molar refractivity (Wildman–Crippen MR) is 110 cm³/mol. The highest BCUT2D eigenvalue weighted by Crippen LogP contribution is 2.21. The molecule has 1 atom stereocenters. The highest BCUT2D eigenvalue weighted by atomic mass is 16.2. The van der Waals surface area contributed by atoms with Gasteiger partial charge in [0.2, 0.25) is 5.91 Å². The number of para-hydroxylation sites is 1. The predicted octanol–water partition coefficient (Wildman–Crippen LogP) is 2.88. The monoisotopic (exact) mass is 374 g/mol. The Balaban J connectivity index is 1.62. The van der Waals surface area contributed by atoms with Gasteiger partial charge in [0.1, 0.15) is 6.54 Å². The van der Waals surface area contributed by atoms with E-state index in [-0.39, 0.29) is 23.9 Å². The van der Waals surface area contributed by atoms with E-state index in [0.29, 0.717) is 12.2 Å². The standard InChI is InChI=1S/C22H22N4O2/c1-15(17-8-4-3-5-9-17)13-23-21(28)14-25-19-11-7-6-10-18(19)22-24-20(27)12-16(2)26(22)25/h3-12,15H,13-14H2,1-2H3,(H,23,28). The molecule has 0 radical (unpaired) electrons. The normalized spacial score (nSPS) is 12.4. The molecule has 0 bridgehead atoms. The van der Waals surface area contributed by atoms with E-state index in [9.17, 15) is 9.59 Å². The summed E-state index contributed by atoms with van der Waals surface area (Å²) in [5, 5.41) is 3.88. The SMILES string of the molecule is Cc1cc(=O)nc2c3ccccc3n(CC(=O)NCC(C)c3ccccc3)n12. The number of benzene rings is 2. The minimum absolute atomic E-state index is 0.0801. The quantitative estimate of drug-likeness (QED) is 0.584. The van der Waals surface area contributed by atoms with Crippen LogP contribution < -0.4 is 10.9 Å². The Morgan fingerprint density at radius 1 is 1.11 bits per heavy atom. The van der Waals surface area contributed by atoms with E-state index in [2.05, 4.69) is 29.4 Å². The molecular weight excluding hydrogens is 352 g/mol. The van der Waals surface area contributed by atoms with Gasteiger partial charge in [-0.2, -0.15) is 4.98 Å². The summed E-state index contributed by atoms with van der Waals surface area (Å²) in [6.07, 6.45) is 0. The molecule has 0 spiro atoms. The number of rotatable bonds is 5. The zero-order valence-corrected chi connectivity index (χ0v) is 15.9. The first-order valence-electron chi connectivity index (χ1n) is 9.34. The van der Waals surface area contributed by atoms with Gasteiger partial charge in [-0.05, 0) is 30.5 Å². The van der Waals surface area contributed by atoms with Crippen molar-refractivity contribution < 1.29 is 4.79 Å². The number of aromatic nitrogens is 3. The number of nitrogens with zero attached hydrogens (tertiary/aromatic N) is 3. The van der Waals surface area contributed by atoms with Crippen LogP contribution in [-0.2, 0) is 11.3 Å². The van der Waals surface area contributed by atoms with Crippen molar-refractivity contribution in [1.82, 2.24) is 19.5 Å². The van der Waals surface area contributed by atoms with E-state index >= 15 is 0 Å².